The molecule has 156 valence electrons. The molecule has 2 aromatic rings. The van der Waals surface area contributed by atoms with E-state index in [1.807, 2.05) is 17.8 Å². The number of pyridine rings is 1. The van der Waals surface area contributed by atoms with Gasteiger partial charge in [-0.2, -0.15) is 5.10 Å². The van der Waals surface area contributed by atoms with Crippen molar-refractivity contribution in [3.05, 3.63) is 17.5 Å². The highest BCUT2D eigenvalue weighted by molar-refractivity contribution is 7.91. The van der Waals surface area contributed by atoms with Crippen molar-refractivity contribution in [2.45, 2.75) is 70.6 Å². The van der Waals surface area contributed by atoms with E-state index in [4.69, 9.17) is 9.82 Å². The van der Waals surface area contributed by atoms with E-state index in [1.165, 1.54) is 6.42 Å². The topological polar surface area (TPSA) is 98.5 Å². The van der Waals surface area contributed by atoms with Gasteiger partial charge in [-0.15, -0.1) is 0 Å². The van der Waals surface area contributed by atoms with Crippen molar-refractivity contribution in [1.29, 1.82) is 0 Å². The summed E-state index contributed by atoms with van der Waals surface area (Å²) >= 11 is 0. The highest BCUT2D eigenvalue weighted by Gasteiger charge is 2.45. The minimum absolute atomic E-state index is 0.104. The van der Waals surface area contributed by atoms with Crippen LogP contribution in [0.1, 0.15) is 56.7 Å². The lowest BCUT2D eigenvalue weighted by molar-refractivity contribution is -0.0755. The number of nitrogens with zero attached hydrogens (tertiary/aromatic N) is 4. The number of oxime groups is 1. The molecule has 0 radical (unpaired) electrons. The summed E-state index contributed by atoms with van der Waals surface area (Å²) < 4.78 is 25.6. The van der Waals surface area contributed by atoms with E-state index in [0.717, 1.165) is 59.5 Å². The minimum atomic E-state index is -2.91. The van der Waals surface area contributed by atoms with E-state index in [2.05, 4.69) is 22.5 Å². The van der Waals surface area contributed by atoms with Gasteiger partial charge in [0.25, 0.3) is 0 Å². The number of sulfone groups is 1. The molecule has 2 aromatic heterocycles. The van der Waals surface area contributed by atoms with Crippen LogP contribution in [0, 0.1) is 6.92 Å². The standard InChI is InChI=1S/C20H27N5O3S/c1-3-25-19-17(13(2)23-25)18(22-14-5-9-29(26,27)10-6-14)15(12-21-19)16-11-20(28-24-16)7-4-8-20/h12,14H,3-11H2,1-2H3,(H,21,22). The summed E-state index contributed by atoms with van der Waals surface area (Å²) in [6, 6.07) is 0.104. The summed E-state index contributed by atoms with van der Waals surface area (Å²) in [5.41, 5.74) is 4.48. The largest absolute Gasteiger partial charge is 0.389 e. The third-order valence-corrected chi connectivity index (χ3v) is 8.27. The van der Waals surface area contributed by atoms with Crippen LogP contribution in [0.15, 0.2) is 11.4 Å². The molecule has 0 amide bonds. The van der Waals surface area contributed by atoms with Crippen molar-refractivity contribution in [2.24, 2.45) is 5.16 Å². The Morgan fingerprint density at radius 2 is 2.07 bits per heavy atom. The minimum Gasteiger partial charge on any atom is -0.389 e. The molecule has 1 saturated carbocycles. The van der Waals surface area contributed by atoms with E-state index in [1.54, 1.807) is 0 Å². The highest BCUT2D eigenvalue weighted by atomic mass is 32.2. The molecule has 1 saturated heterocycles. The molecule has 1 spiro atoms. The first-order valence-corrected chi connectivity index (χ1v) is 12.3. The molecule has 9 heteroatoms. The predicted octanol–water partition coefficient (Wildman–Crippen LogP) is 2.80. The van der Waals surface area contributed by atoms with Gasteiger partial charge in [-0.25, -0.2) is 18.1 Å². The van der Waals surface area contributed by atoms with Crippen LogP contribution >= 0.6 is 0 Å². The van der Waals surface area contributed by atoms with E-state index in [-0.39, 0.29) is 23.1 Å². The summed E-state index contributed by atoms with van der Waals surface area (Å²) in [5, 5.41) is 13.7. The van der Waals surface area contributed by atoms with Crippen LogP contribution in [-0.2, 0) is 21.2 Å². The number of hydrogen-bond acceptors (Lipinski definition) is 7. The zero-order valence-electron chi connectivity index (χ0n) is 16.9. The van der Waals surface area contributed by atoms with Gasteiger partial charge in [0.1, 0.15) is 15.4 Å². The van der Waals surface area contributed by atoms with Crippen molar-refractivity contribution in [3.63, 3.8) is 0 Å². The first-order valence-electron chi connectivity index (χ1n) is 10.5. The number of aryl methyl sites for hydroxylation is 2. The third kappa shape index (κ3) is 3.19. The van der Waals surface area contributed by atoms with E-state index in [9.17, 15) is 8.42 Å². The van der Waals surface area contributed by atoms with Crippen molar-refractivity contribution in [2.75, 3.05) is 16.8 Å². The Morgan fingerprint density at radius 1 is 1.31 bits per heavy atom. The molecular weight excluding hydrogens is 390 g/mol. The van der Waals surface area contributed by atoms with Crippen LogP contribution in [0.5, 0.6) is 0 Å². The van der Waals surface area contributed by atoms with Gasteiger partial charge in [-0.3, -0.25) is 0 Å². The van der Waals surface area contributed by atoms with Gasteiger partial charge in [0, 0.05) is 30.8 Å². The van der Waals surface area contributed by atoms with Gasteiger partial charge in [0.15, 0.2) is 5.65 Å². The maximum Gasteiger partial charge on any atom is 0.160 e. The summed E-state index contributed by atoms with van der Waals surface area (Å²) in [7, 11) is -2.91. The lowest BCUT2D eigenvalue weighted by Gasteiger charge is -2.34. The van der Waals surface area contributed by atoms with Crippen LogP contribution in [-0.4, -0.2) is 52.0 Å². The molecule has 8 nitrogen and oxygen atoms in total. The van der Waals surface area contributed by atoms with E-state index in [0.29, 0.717) is 12.8 Å². The first kappa shape index (κ1) is 18.8. The Morgan fingerprint density at radius 3 is 2.69 bits per heavy atom. The number of hydrogen-bond donors (Lipinski definition) is 1. The summed E-state index contributed by atoms with van der Waals surface area (Å²) in [4.78, 5) is 10.5. The molecule has 1 aliphatic carbocycles. The fourth-order valence-corrected chi connectivity index (χ4v) is 6.14. The molecule has 0 aromatic carbocycles. The molecule has 0 atom stereocenters. The SMILES string of the molecule is CCn1nc(C)c2c(NC3CCS(=O)(=O)CC3)c(C3=NOC4(CCC4)C3)cnc21. The van der Waals surface area contributed by atoms with Gasteiger partial charge in [0.05, 0.1) is 34.0 Å². The number of fused-ring (bicyclic) bond motifs is 1. The Kier molecular flexibility index (Phi) is 4.34. The number of anilines is 1. The Bertz CT molecular complexity index is 1090. The Balaban J connectivity index is 1.56. The first-order chi connectivity index (χ1) is 13.9. The van der Waals surface area contributed by atoms with Crippen molar-refractivity contribution in [1.82, 2.24) is 14.8 Å². The number of aromatic nitrogens is 3. The van der Waals surface area contributed by atoms with Crippen LogP contribution in [0.3, 0.4) is 0 Å². The molecule has 4 heterocycles. The lowest BCUT2D eigenvalue weighted by Crippen LogP contribution is -2.37. The fourth-order valence-electron chi connectivity index (χ4n) is 4.65. The summed E-state index contributed by atoms with van der Waals surface area (Å²) in [6.07, 6.45) is 7.17. The zero-order chi connectivity index (χ0) is 20.2. The van der Waals surface area contributed by atoms with Crippen molar-refractivity contribution in [3.8, 4) is 0 Å². The number of nitrogens with one attached hydrogen (secondary N) is 1. The zero-order valence-corrected chi connectivity index (χ0v) is 17.8. The maximum absolute atomic E-state index is 11.9. The predicted molar refractivity (Wildman–Crippen MR) is 112 cm³/mol. The molecule has 29 heavy (non-hydrogen) atoms. The van der Waals surface area contributed by atoms with Gasteiger partial charge < -0.3 is 10.2 Å². The van der Waals surface area contributed by atoms with E-state index < -0.39 is 9.84 Å². The second-order valence-electron chi connectivity index (χ2n) is 8.56. The monoisotopic (exact) mass is 417 g/mol. The van der Waals surface area contributed by atoms with Gasteiger partial charge in [-0.05, 0) is 46.0 Å². The lowest BCUT2D eigenvalue weighted by atomic mass is 9.76. The Hall–Kier alpha value is -2.16. The normalized spacial score (nSPS) is 23.0. The summed E-state index contributed by atoms with van der Waals surface area (Å²) in [6.45, 7) is 4.79. The fraction of sp³-hybridized carbons (Fsp3) is 0.650. The average molecular weight is 418 g/mol. The highest BCUT2D eigenvalue weighted by Crippen LogP contribution is 2.44. The molecule has 3 aliphatic rings. The van der Waals surface area contributed by atoms with Crippen LogP contribution in [0.2, 0.25) is 0 Å². The van der Waals surface area contributed by atoms with Gasteiger partial charge >= 0.3 is 0 Å². The van der Waals surface area contributed by atoms with Gasteiger partial charge in [0.2, 0.25) is 0 Å². The van der Waals surface area contributed by atoms with Crippen molar-refractivity contribution < 1.29 is 13.3 Å². The molecule has 0 unspecified atom stereocenters. The van der Waals surface area contributed by atoms with Crippen LogP contribution in [0.25, 0.3) is 11.0 Å². The van der Waals surface area contributed by atoms with Gasteiger partial charge in [-0.1, -0.05) is 5.16 Å². The number of rotatable bonds is 4. The molecule has 1 N–H and O–H groups in total. The molecule has 2 aliphatic heterocycles. The molecular formula is C20H27N5O3S. The third-order valence-electron chi connectivity index (χ3n) is 6.55. The van der Waals surface area contributed by atoms with Crippen LogP contribution < -0.4 is 5.32 Å². The van der Waals surface area contributed by atoms with E-state index >= 15 is 0 Å². The Labute approximate surface area is 170 Å². The smallest absolute Gasteiger partial charge is 0.160 e. The quantitative estimate of drug-likeness (QED) is 0.821. The second kappa shape index (κ2) is 6.68. The summed E-state index contributed by atoms with van der Waals surface area (Å²) in [5.74, 6) is 0.462. The molecule has 0 bridgehead atoms. The second-order valence-corrected chi connectivity index (χ2v) is 10.9. The molecule has 5 rings (SSSR count). The average Bonchev–Trinajstić information content (AvgIpc) is 3.26. The van der Waals surface area contributed by atoms with Crippen LogP contribution in [0.4, 0.5) is 5.69 Å². The van der Waals surface area contributed by atoms with Crippen molar-refractivity contribution >= 4 is 32.3 Å². The molecule has 2 fully saturated rings. The maximum atomic E-state index is 11.9.